The topological polar surface area (TPSA) is 58.6 Å². The van der Waals surface area contributed by atoms with Crippen LogP contribution < -0.4 is 5.32 Å². The first-order valence-electron chi connectivity index (χ1n) is 11.0. The third kappa shape index (κ3) is 13.6. The number of carbonyl (C=O) groups is 1. The third-order valence-electron chi connectivity index (χ3n) is 4.76. The van der Waals surface area contributed by atoms with E-state index in [-0.39, 0.29) is 12.1 Å². The Bertz CT molecular complexity index is 510. The zero-order valence-corrected chi connectivity index (χ0v) is 18.2. The van der Waals surface area contributed by atoms with Crippen molar-refractivity contribution in [1.29, 1.82) is 0 Å². The summed E-state index contributed by atoms with van der Waals surface area (Å²) in [5.74, 6) is 0. The first-order chi connectivity index (χ1) is 13.4. The number of alkyl carbamates (subject to hydrolysis) is 1. The summed E-state index contributed by atoms with van der Waals surface area (Å²) in [5, 5.41) is 11.9. The molecular weight excluding hydrogens is 350 g/mol. The molecule has 0 spiro atoms. The molecule has 0 aliphatic heterocycles. The summed E-state index contributed by atoms with van der Waals surface area (Å²) in [5.41, 5.74) is 0.768. The molecule has 1 atom stereocenters. The van der Waals surface area contributed by atoms with Gasteiger partial charge in [-0.3, -0.25) is 0 Å². The molecule has 0 saturated carbocycles. The van der Waals surface area contributed by atoms with E-state index in [4.69, 9.17) is 9.84 Å². The fourth-order valence-corrected chi connectivity index (χ4v) is 3.34. The molecule has 160 valence electrons. The number of aliphatic hydroxyl groups excluding tert-OH is 1. The summed E-state index contributed by atoms with van der Waals surface area (Å²) in [6, 6.07) is 10.4. The number of amides is 1. The van der Waals surface area contributed by atoms with Gasteiger partial charge in [-0.05, 0) is 45.6 Å². The lowest BCUT2D eigenvalue weighted by Crippen LogP contribution is -2.40. The zero-order chi connectivity index (χ0) is 20.7. The second kappa shape index (κ2) is 14.4. The third-order valence-corrected chi connectivity index (χ3v) is 4.76. The molecule has 1 aromatic rings. The molecule has 0 aliphatic rings. The average Bonchev–Trinajstić information content (AvgIpc) is 2.62. The summed E-state index contributed by atoms with van der Waals surface area (Å²) in [6.45, 7) is 6.00. The number of benzene rings is 1. The number of hydrogen-bond donors (Lipinski definition) is 2. The van der Waals surface area contributed by atoms with E-state index in [0.717, 1.165) is 32.1 Å². The van der Waals surface area contributed by atoms with Gasteiger partial charge in [-0.25, -0.2) is 4.79 Å². The summed E-state index contributed by atoms with van der Waals surface area (Å²) < 4.78 is 5.44. The van der Waals surface area contributed by atoms with Crippen LogP contribution >= 0.6 is 0 Å². The van der Waals surface area contributed by atoms with Crippen molar-refractivity contribution in [1.82, 2.24) is 5.32 Å². The Balaban J connectivity index is 2.30. The highest BCUT2D eigenvalue weighted by Crippen LogP contribution is 2.14. The largest absolute Gasteiger partial charge is 0.444 e. The minimum absolute atomic E-state index is 0.107. The fraction of sp³-hybridized carbons (Fsp3) is 0.708. The quantitative estimate of drug-likeness (QED) is 0.381. The summed E-state index contributed by atoms with van der Waals surface area (Å²) in [7, 11) is 0. The summed E-state index contributed by atoms with van der Waals surface area (Å²) in [4.78, 5) is 12.2. The lowest BCUT2D eigenvalue weighted by atomic mass is 9.99. The Morgan fingerprint density at radius 1 is 0.929 bits per heavy atom. The van der Waals surface area contributed by atoms with Crippen LogP contribution in [0, 0.1) is 0 Å². The van der Waals surface area contributed by atoms with Crippen LogP contribution in [0.5, 0.6) is 0 Å². The Morgan fingerprint density at radius 3 is 2.00 bits per heavy atom. The minimum atomic E-state index is -0.474. The second-order valence-corrected chi connectivity index (χ2v) is 8.73. The molecule has 0 heterocycles. The monoisotopic (exact) mass is 391 g/mol. The summed E-state index contributed by atoms with van der Waals surface area (Å²) >= 11 is 0. The van der Waals surface area contributed by atoms with Gasteiger partial charge in [0.15, 0.2) is 0 Å². The standard InChI is InChI=1S/C24H41NO3/c1-24(2,3)28-23(27)25-22(20-21-16-12-11-13-17-21)18-14-9-7-5-4-6-8-10-15-19-26/h11-13,16-17,22,26H,4-10,14-15,18-20H2,1-3H3,(H,25,27)/t22-/m1/s1. The zero-order valence-electron chi connectivity index (χ0n) is 18.2. The van der Waals surface area contributed by atoms with E-state index in [1.54, 1.807) is 0 Å². The van der Waals surface area contributed by atoms with Gasteiger partial charge in [0, 0.05) is 12.6 Å². The van der Waals surface area contributed by atoms with E-state index in [1.807, 2.05) is 39.0 Å². The molecule has 0 saturated heterocycles. The van der Waals surface area contributed by atoms with Crippen molar-refractivity contribution < 1.29 is 14.6 Å². The molecule has 28 heavy (non-hydrogen) atoms. The van der Waals surface area contributed by atoms with Gasteiger partial charge in [0.05, 0.1) is 0 Å². The van der Waals surface area contributed by atoms with Gasteiger partial charge in [0.25, 0.3) is 0 Å². The van der Waals surface area contributed by atoms with Crippen molar-refractivity contribution in [2.75, 3.05) is 6.61 Å². The van der Waals surface area contributed by atoms with Crippen LogP contribution in [0.2, 0.25) is 0 Å². The fourth-order valence-electron chi connectivity index (χ4n) is 3.34. The molecule has 0 radical (unpaired) electrons. The van der Waals surface area contributed by atoms with E-state index < -0.39 is 5.60 Å². The van der Waals surface area contributed by atoms with Gasteiger partial charge in [0.2, 0.25) is 0 Å². The van der Waals surface area contributed by atoms with Gasteiger partial charge < -0.3 is 15.2 Å². The molecule has 4 nitrogen and oxygen atoms in total. The molecule has 0 aliphatic carbocycles. The molecule has 2 N–H and O–H groups in total. The Morgan fingerprint density at radius 2 is 1.46 bits per heavy atom. The van der Waals surface area contributed by atoms with Crippen LogP contribution in [-0.2, 0) is 11.2 Å². The number of hydrogen-bond acceptors (Lipinski definition) is 3. The SMILES string of the molecule is CC(C)(C)OC(=O)N[C@H](CCCCCCCCCCCO)Cc1ccccc1. The van der Waals surface area contributed by atoms with Gasteiger partial charge in [-0.1, -0.05) is 81.7 Å². The summed E-state index contributed by atoms with van der Waals surface area (Å²) in [6.07, 6.45) is 12.2. The molecule has 0 aromatic heterocycles. The lowest BCUT2D eigenvalue weighted by molar-refractivity contribution is 0.0501. The normalized spacial score (nSPS) is 12.6. The van der Waals surface area contributed by atoms with E-state index in [0.29, 0.717) is 6.61 Å². The van der Waals surface area contributed by atoms with E-state index in [9.17, 15) is 4.79 Å². The number of aliphatic hydroxyl groups is 1. The smallest absolute Gasteiger partial charge is 0.407 e. The van der Waals surface area contributed by atoms with E-state index in [2.05, 4.69) is 17.4 Å². The van der Waals surface area contributed by atoms with Crippen molar-refractivity contribution in [2.24, 2.45) is 0 Å². The predicted molar refractivity (Wildman–Crippen MR) is 117 cm³/mol. The van der Waals surface area contributed by atoms with E-state index in [1.165, 1.54) is 44.1 Å². The molecule has 4 heteroatoms. The predicted octanol–water partition coefficient (Wildman–Crippen LogP) is 6.02. The maximum atomic E-state index is 12.2. The van der Waals surface area contributed by atoms with Crippen molar-refractivity contribution in [2.45, 2.75) is 103 Å². The molecule has 0 unspecified atom stereocenters. The molecule has 1 aromatic carbocycles. The van der Waals surface area contributed by atoms with Crippen LogP contribution in [-0.4, -0.2) is 29.4 Å². The van der Waals surface area contributed by atoms with Gasteiger partial charge in [0.1, 0.15) is 5.60 Å². The number of rotatable bonds is 14. The van der Waals surface area contributed by atoms with Crippen molar-refractivity contribution >= 4 is 6.09 Å². The van der Waals surface area contributed by atoms with Crippen molar-refractivity contribution in [3.63, 3.8) is 0 Å². The molecule has 0 fully saturated rings. The van der Waals surface area contributed by atoms with Crippen LogP contribution in [0.3, 0.4) is 0 Å². The lowest BCUT2D eigenvalue weighted by Gasteiger charge is -2.24. The number of carbonyl (C=O) groups excluding carboxylic acids is 1. The molecule has 1 amide bonds. The minimum Gasteiger partial charge on any atom is -0.444 e. The van der Waals surface area contributed by atoms with E-state index >= 15 is 0 Å². The van der Waals surface area contributed by atoms with Crippen LogP contribution in [0.25, 0.3) is 0 Å². The number of nitrogens with one attached hydrogen (secondary N) is 1. The molecular formula is C24H41NO3. The van der Waals surface area contributed by atoms with Crippen LogP contribution in [0.1, 0.15) is 90.5 Å². The van der Waals surface area contributed by atoms with Crippen LogP contribution in [0.4, 0.5) is 4.79 Å². The van der Waals surface area contributed by atoms with Gasteiger partial charge in [-0.15, -0.1) is 0 Å². The van der Waals surface area contributed by atoms with Crippen LogP contribution in [0.15, 0.2) is 30.3 Å². The maximum absolute atomic E-state index is 12.2. The Labute approximate surface area is 172 Å². The Hall–Kier alpha value is -1.55. The number of ether oxygens (including phenoxy) is 1. The molecule has 0 bridgehead atoms. The maximum Gasteiger partial charge on any atom is 0.407 e. The highest BCUT2D eigenvalue weighted by Gasteiger charge is 2.19. The van der Waals surface area contributed by atoms with Gasteiger partial charge >= 0.3 is 6.09 Å². The van der Waals surface area contributed by atoms with Crippen molar-refractivity contribution in [3.05, 3.63) is 35.9 Å². The first kappa shape index (κ1) is 24.5. The van der Waals surface area contributed by atoms with Gasteiger partial charge in [-0.2, -0.15) is 0 Å². The molecule has 1 rings (SSSR count). The average molecular weight is 392 g/mol. The van der Waals surface area contributed by atoms with Crippen molar-refractivity contribution in [3.8, 4) is 0 Å². The second-order valence-electron chi connectivity index (χ2n) is 8.73. The number of unbranched alkanes of at least 4 members (excludes halogenated alkanes) is 8. The highest BCUT2D eigenvalue weighted by molar-refractivity contribution is 5.68. The highest BCUT2D eigenvalue weighted by atomic mass is 16.6. The Kier molecular flexibility index (Phi) is 12.6. The first-order valence-corrected chi connectivity index (χ1v) is 11.0.